The molecule has 1 aliphatic heterocycles. The van der Waals surface area contributed by atoms with Crippen molar-refractivity contribution in [3.05, 3.63) is 72.8 Å². The van der Waals surface area contributed by atoms with E-state index in [1.165, 1.54) is 0 Å². The highest BCUT2D eigenvalue weighted by Gasteiger charge is 2.21. The van der Waals surface area contributed by atoms with Crippen molar-refractivity contribution in [2.45, 2.75) is 6.42 Å². The van der Waals surface area contributed by atoms with E-state index < -0.39 is 0 Å². The Morgan fingerprint density at radius 2 is 1.58 bits per heavy atom. The van der Waals surface area contributed by atoms with Crippen molar-refractivity contribution >= 4 is 23.2 Å². The van der Waals surface area contributed by atoms with Crippen LogP contribution in [0.15, 0.2) is 72.8 Å². The molecule has 8 heteroatoms. The molecule has 1 fully saturated rings. The van der Waals surface area contributed by atoms with Gasteiger partial charge in [0.25, 0.3) is 0 Å². The van der Waals surface area contributed by atoms with Crippen LogP contribution in [0.25, 0.3) is 17.0 Å². The van der Waals surface area contributed by atoms with Gasteiger partial charge in [0.1, 0.15) is 5.82 Å². The lowest BCUT2D eigenvalue weighted by atomic mass is 10.2. The predicted molar refractivity (Wildman–Crippen MR) is 120 cm³/mol. The SMILES string of the molecule is O=C(Nc1ccccc1)N1CCCN(c2ccc3nnc(-c4ccccc4)n3n2)CC1. The van der Waals surface area contributed by atoms with Gasteiger partial charge in [0.2, 0.25) is 0 Å². The number of nitrogens with one attached hydrogen (secondary N) is 1. The molecule has 2 amide bonds. The van der Waals surface area contributed by atoms with E-state index in [4.69, 9.17) is 5.10 Å². The molecule has 0 saturated carbocycles. The van der Waals surface area contributed by atoms with Gasteiger partial charge >= 0.3 is 6.03 Å². The molecular formula is C23H23N7O. The minimum Gasteiger partial charge on any atom is -0.353 e. The summed E-state index contributed by atoms with van der Waals surface area (Å²) in [7, 11) is 0. The molecule has 0 aliphatic carbocycles. The number of hydrogen-bond acceptors (Lipinski definition) is 5. The Bertz CT molecular complexity index is 1180. The first-order chi connectivity index (χ1) is 15.3. The highest BCUT2D eigenvalue weighted by molar-refractivity contribution is 5.89. The molecule has 0 unspecified atom stereocenters. The molecule has 2 aromatic carbocycles. The predicted octanol–water partition coefficient (Wildman–Crippen LogP) is 3.54. The van der Waals surface area contributed by atoms with E-state index in [0.29, 0.717) is 25.3 Å². The maximum Gasteiger partial charge on any atom is 0.321 e. The van der Waals surface area contributed by atoms with Crippen molar-refractivity contribution in [1.29, 1.82) is 0 Å². The molecule has 0 atom stereocenters. The maximum absolute atomic E-state index is 12.7. The van der Waals surface area contributed by atoms with E-state index in [9.17, 15) is 4.79 Å². The number of fused-ring (bicyclic) bond motifs is 1. The molecule has 3 heterocycles. The molecule has 8 nitrogen and oxygen atoms in total. The van der Waals surface area contributed by atoms with Crippen LogP contribution in [0.4, 0.5) is 16.3 Å². The Morgan fingerprint density at radius 3 is 2.39 bits per heavy atom. The summed E-state index contributed by atoms with van der Waals surface area (Å²) in [6, 6.07) is 23.3. The third-order valence-corrected chi connectivity index (χ3v) is 5.41. The van der Waals surface area contributed by atoms with Crippen molar-refractivity contribution in [2.75, 3.05) is 36.4 Å². The number of urea groups is 1. The lowest BCUT2D eigenvalue weighted by molar-refractivity contribution is 0.215. The van der Waals surface area contributed by atoms with E-state index in [2.05, 4.69) is 20.4 Å². The Hall–Kier alpha value is -3.94. The molecule has 0 spiro atoms. The zero-order valence-electron chi connectivity index (χ0n) is 17.1. The summed E-state index contributed by atoms with van der Waals surface area (Å²) < 4.78 is 1.79. The molecule has 31 heavy (non-hydrogen) atoms. The monoisotopic (exact) mass is 413 g/mol. The fourth-order valence-electron chi connectivity index (χ4n) is 3.79. The van der Waals surface area contributed by atoms with Crippen molar-refractivity contribution in [3.8, 4) is 11.4 Å². The third-order valence-electron chi connectivity index (χ3n) is 5.41. The van der Waals surface area contributed by atoms with Gasteiger partial charge < -0.3 is 15.1 Å². The molecule has 1 saturated heterocycles. The van der Waals surface area contributed by atoms with Crippen molar-refractivity contribution in [1.82, 2.24) is 24.7 Å². The fraction of sp³-hybridized carbons (Fsp3) is 0.217. The summed E-state index contributed by atoms with van der Waals surface area (Å²) in [5.74, 6) is 1.57. The number of amides is 2. The number of carbonyl (C=O) groups is 1. The van der Waals surface area contributed by atoms with Gasteiger partial charge in [-0.15, -0.1) is 15.3 Å². The van der Waals surface area contributed by atoms with Crippen LogP contribution >= 0.6 is 0 Å². The van der Waals surface area contributed by atoms with Crippen LogP contribution < -0.4 is 10.2 Å². The second-order valence-corrected chi connectivity index (χ2v) is 7.47. The highest BCUT2D eigenvalue weighted by Crippen LogP contribution is 2.20. The Morgan fingerprint density at radius 1 is 0.806 bits per heavy atom. The summed E-state index contributed by atoms with van der Waals surface area (Å²) >= 11 is 0. The van der Waals surface area contributed by atoms with Gasteiger partial charge in [-0.3, -0.25) is 0 Å². The number of nitrogens with zero attached hydrogens (tertiary/aromatic N) is 6. The first-order valence-electron chi connectivity index (χ1n) is 10.4. The van der Waals surface area contributed by atoms with Crippen molar-refractivity contribution in [3.63, 3.8) is 0 Å². The van der Waals surface area contributed by atoms with Crippen molar-refractivity contribution in [2.24, 2.45) is 0 Å². The smallest absolute Gasteiger partial charge is 0.321 e. The minimum atomic E-state index is -0.0679. The van der Waals surface area contributed by atoms with Crippen LogP contribution in [0.5, 0.6) is 0 Å². The summed E-state index contributed by atoms with van der Waals surface area (Å²) in [6.07, 6.45) is 0.871. The molecule has 1 N–H and O–H groups in total. The van der Waals surface area contributed by atoms with E-state index in [0.717, 1.165) is 35.9 Å². The average molecular weight is 413 g/mol. The molecule has 156 valence electrons. The summed E-state index contributed by atoms with van der Waals surface area (Å²) in [4.78, 5) is 16.7. The van der Waals surface area contributed by atoms with Crippen LogP contribution in [0.1, 0.15) is 6.42 Å². The molecule has 0 bridgehead atoms. The van der Waals surface area contributed by atoms with Gasteiger partial charge in [-0.05, 0) is 30.7 Å². The van der Waals surface area contributed by atoms with Crippen LogP contribution in [-0.2, 0) is 0 Å². The van der Waals surface area contributed by atoms with E-state index in [1.54, 1.807) is 4.52 Å². The maximum atomic E-state index is 12.7. The molecule has 5 rings (SSSR count). The summed E-state index contributed by atoms with van der Waals surface area (Å²) in [5.41, 5.74) is 2.49. The van der Waals surface area contributed by atoms with Gasteiger partial charge in [0, 0.05) is 37.4 Å². The number of hydrogen-bond donors (Lipinski definition) is 1. The normalized spacial score (nSPS) is 14.5. The molecule has 1 aliphatic rings. The number of para-hydroxylation sites is 1. The van der Waals surface area contributed by atoms with Gasteiger partial charge in [0.15, 0.2) is 11.5 Å². The van der Waals surface area contributed by atoms with Gasteiger partial charge in [0.05, 0.1) is 0 Å². The van der Waals surface area contributed by atoms with Crippen molar-refractivity contribution < 1.29 is 4.79 Å². The zero-order valence-corrected chi connectivity index (χ0v) is 17.1. The lowest BCUT2D eigenvalue weighted by Gasteiger charge is -2.23. The zero-order chi connectivity index (χ0) is 21.0. The molecule has 2 aromatic heterocycles. The second-order valence-electron chi connectivity index (χ2n) is 7.47. The number of anilines is 2. The van der Waals surface area contributed by atoms with E-state index >= 15 is 0 Å². The Labute approximate surface area is 180 Å². The van der Waals surface area contributed by atoms with Crippen LogP contribution in [-0.4, -0.2) is 56.9 Å². The van der Waals surface area contributed by atoms with E-state index in [1.807, 2.05) is 77.7 Å². The number of aromatic nitrogens is 4. The van der Waals surface area contributed by atoms with Crippen LogP contribution in [0.3, 0.4) is 0 Å². The lowest BCUT2D eigenvalue weighted by Crippen LogP contribution is -2.38. The molecule has 0 radical (unpaired) electrons. The first kappa shape index (κ1) is 19.0. The fourth-order valence-corrected chi connectivity index (χ4v) is 3.79. The molecular weight excluding hydrogens is 390 g/mol. The minimum absolute atomic E-state index is 0.0679. The number of carbonyl (C=O) groups excluding carboxylic acids is 1. The number of rotatable bonds is 3. The Kier molecular flexibility index (Phi) is 5.18. The van der Waals surface area contributed by atoms with Gasteiger partial charge in [-0.25, -0.2) is 4.79 Å². The first-order valence-corrected chi connectivity index (χ1v) is 10.4. The summed E-state index contributed by atoms with van der Waals surface area (Å²) in [5, 5.41) is 16.3. The van der Waals surface area contributed by atoms with E-state index in [-0.39, 0.29) is 6.03 Å². The van der Waals surface area contributed by atoms with Crippen LogP contribution in [0.2, 0.25) is 0 Å². The quantitative estimate of drug-likeness (QED) is 0.556. The summed E-state index contributed by atoms with van der Waals surface area (Å²) in [6.45, 7) is 2.88. The largest absolute Gasteiger partial charge is 0.353 e. The Balaban J connectivity index is 1.32. The average Bonchev–Trinajstić information content (AvgIpc) is 3.08. The topological polar surface area (TPSA) is 78.7 Å². The van der Waals surface area contributed by atoms with Gasteiger partial charge in [-0.1, -0.05) is 48.5 Å². The number of benzene rings is 2. The highest BCUT2D eigenvalue weighted by atomic mass is 16.2. The van der Waals surface area contributed by atoms with Crippen LogP contribution in [0, 0.1) is 0 Å². The molecule has 4 aromatic rings. The third kappa shape index (κ3) is 4.05. The van der Waals surface area contributed by atoms with Gasteiger partial charge in [-0.2, -0.15) is 4.52 Å². The second kappa shape index (κ2) is 8.43. The standard InChI is InChI=1S/C23H23N7O/c31-23(24-19-10-5-2-6-11-19)29-15-7-14-28(16-17-29)21-13-12-20-25-26-22(30(20)27-21)18-8-3-1-4-9-18/h1-6,8-13H,7,14-17H2,(H,24,31).